The molecule has 0 atom stereocenters. The molecule has 0 bridgehead atoms. The van der Waals surface area contributed by atoms with Crippen LogP contribution in [0.1, 0.15) is 41.6 Å². The Morgan fingerprint density at radius 3 is 2.68 bits per heavy atom. The first-order valence-electron chi connectivity index (χ1n) is 9.96. The smallest absolute Gasteiger partial charge is 0.255 e. The summed E-state index contributed by atoms with van der Waals surface area (Å²) in [6.45, 7) is 2.84. The molecule has 1 amide bonds. The molecule has 1 N–H and O–H groups in total. The third-order valence-electron chi connectivity index (χ3n) is 5.34. The lowest BCUT2D eigenvalue weighted by molar-refractivity contribution is 0.0889. The van der Waals surface area contributed by atoms with Crippen LogP contribution < -0.4 is 14.8 Å². The maximum Gasteiger partial charge on any atom is 0.255 e. The number of hydrogen-bond acceptors (Lipinski definition) is 5. The first kappa shape index (κ1) is 18.8. The van der Waals surface area contributed by atoms with E-state index in [-0.39, 0.29) is 12.0 Å². The van der Waals surface area contributed by atoms with Crippen molar-refractivity contribution in [2.24, 2.45) is 7.05 Å². The summed E-state index contributed by atoms with van der Waals surface area (Å²) >= 11 is 0. The van der Waals surface area contributed by atoms with Crippen LogP contribution in [-0.2, 0) is 13.6 Å². The largest absolute Gasteiger partial charge is 0.497 e. The topological polar surface area (TPSA) is 68.6 Å². The summed E-state index contributed by atoms with van der Waals surface area (Å²) in [7, 11) is 3.56. The van der Waals surface area contributed by atoms with Crippen LogP contribution in [-0.4, -0.2) is 52.9 Å². The quantitative estimate of drug-likeness (QED) is 0.794. The highest BCUT2D eigenvalue weighted by Crippen LogP contribution is 2.29. The number of hydrogen-bond donors (Lipinski definition) is 1. The molecule has 150 valence electrons. The first-order chi connectivity index (χ1) is 13.6. The van der Waals surface area contributed by atoms with E-state index in [9.17, 15) is 4.79 Å². The van der Waals surface area contributed by atoms with Crippen LogP contribution in [0.15, 0.2) is 30.6 Å². The number of aromatic nitrogens is 2. The van der Waals surface area contributed by atoms with E-state index in [4.69, 9.17) is 9.47 Å². The molecule has 4 rings (SSSR count). The maximum atomic E-state index is 12.6. The van der Waals surface area contributed by atoms with Crippen molar-refractivity contribution < 1.29 is 14.3 Å². The Balaban J connectivity index is 1.37. The summed E-state index contributed by atoms with van der Waals surface area (Å²) in [5, 5.41) is 7.28. The molecule has 1 aromatic heterocycles. The standard InChI is InChI=1S/C21H28N4O3/c1-24-13-15(12-22-24)14-25-9-7-17(8-10-25)28-20-11-18(27-2)5-6-19(20)21(26)23-16-3-4-16/h5-6,11-13,16-17H,3-4,7-10,14H2,1-2H3,(H,23,26). The van der Waals surface area contributed by atoms with Gasteiger partial charge in [0.1, 0.15) is 17.6 Å². The molecule has 0 unspecified atom stereocenters. The van der Waals surface area contributed by atoms with E-state index in [1.165, 1.54) is 5.56 Å². The summed E-state index contributed by atoms with van der Waals surface area (Å²) in [5.41, 5.74) is 1.82. The third kappa shape index (κ3) is 4.65. The molecule has 2 fully saturated rings. The number of piperidine rings is 1. The fourth-order valence-electron chi connectivity index (χ4n) is 3.58. The third-order valence-corrected chi connectivity index (χ3v) is 5.34. The lowest BCUT2D eigenvalue weighted by Crippen LogP contribution is -2.38. The van der Waals surface area contributed by atoms with Gasteiger partial charge in [-0.2, -0.15) is 5.10 Å². The van der Waals surface area contributed by atoms with Gasteiger partial charge in [0.15, 0.2) is 0 Å². The molecule has 7 nitrogen and oxygen atoms in total. The zero-order chi connectivity index (χ0) is 19.5. The first-order valence-corrected chi connectivity index (χ1v) is 9.96. The van der Waals surface area contributed by atoms with Gasteiger partial charge in [0.05, 0.1) is 18.9 Å². The highest BCUT2D eigenvalue weighted by Gasteiger charge is 2.27. The Hall–Kier alpha value is -2.54. The Labute approximate surface area is 165 Å². The molecule has 28 heavy (non-hydrogen) atoms. The minimum absolute atomic E-state index is 0.0610. The normalized spacial score (nSPS) is 18.1. The minimum atomic E-state index is -0.0610. The van der Waals surface area contributed by atoms with Gasteiger partial charge in [0.2, 0.25) is 0 Å². The van der Waals surface area contributed by atoms with Crippen molar-refractivity contribution in [3.05, 3.63) is 41.7 Å². The highest BCUT2D eigenvalue weighted by molar-refractivity contribution is 5.97. The molecule has 0 radical (unpaired) electrons. The van der Waals surface area contributed by atoms with Crippen molar-refractivity contribution >= 4 is 5.91 Å². The van der Waals surface area contributed by atoms with Gasteiger partial charge in [0.25, 0.3) is 5.91 Å². The van der Waals surface area contributed by atoms with Crippen LogP contribution in [0, 0.1) is 0 Å². The number of rotatable bonds is 7. The molecule has 0 spiro atoms. The zero-order valence-corrected chi connectivity index (χ0v) is 16.6. The Kier molecular flexibility index (Phi) is 5.52. The van der Waals surface area contributed by atoms with Gasteiger partial charge < -0.3 is 14.8 Å². The van der Waals surface area contributed by atoms with E-state index in [0.717, 1.165) is 45.3 Å². The van der Waals surface area contributed by atoms with Gasteiger partial charge in [-0.3, -0.25) is 14.4 Å². The van der Waals surface area contributed by atoms with Gasteiger partial charge in [-0.05, 0) is 37.8 Å². The van der Waals surface area contributed by atoms with Gasteiger partial charge >= 0.3 is 0 Å². The summed E-state index contributed by atoms with van der Waals surface area (Å²) < 4.78 is 13.4. The average Bonchev–Trinajstić information content (AvgIpc) is 3.42. The number of ether oxygens (including phenoxy) is 2. The van der Waals surface area contributed by atoms with Crippen molar-refractivity contribution in [3.8, 4) is 11.5 Å². The van der Waals surface area contributed by atoms with Crippen molar-refractivity contribution in [2.75, 3.05) is 20.2 Å². The molecule has 2 aliphatic rings. The molecule has 1 aliphatic carbocycles. The Bertz CT molecular complexity index is 823. The maximum absolute atomic E-state index is 12.6. The van der Waals surface area contributed by atoms with Gasteiger partial charge in [-0.25, -0.2) is 0 Å². The van der Waals surface area contributed by atoms with Crippen LogP contribution >= 0.6 is 0 Å². The van der Waals surface area contributed by atoms with Crippen molar-refractivity contribution in [2.45, 2.75) is 44.4 Å². The molecule has 7 heteroatoms. The van der Waals surface area contributed by atoms with Gasteiger partial charge in [0, 0.05) is 50.6 Å². The van der Waals surface area contributed by atoms with Crippen molar-refractivity contribution in [1.29, 1.82) is 0 Å². The summed E-state index contributed by atoms with van der Waals surface area (Å²) in [6.07, 6.45) is 8.07. The summed E-state index contributed by atoms with van der Waals surface area (Å²) in [5.74, 6) is 1.25. The summed E-state index contributed by atoms with van der Waals surface area (Å²) in [4.78, 5) is 15.0. The molecule has 1 aliphatic heterocycles. The predicted octanol–water partition coefficient (Wildman–Crippen LogP) is 2.36. The zero-order valence-electron chi connectivity index (χ0n) is 16.6. The van der Waals surface area contributed by atoms with Gasteiger partial charge in [-0.15, -0.1) is 0 Å². The fourth-order valence-corrected chi connectivity index (χ4v) is 3.58. The minimum Gasteiger partial charge on any atom is -0.497 e. The lowest BCUT2D eigenvalue weighted by Gasteiger charge is -2.32. The Morgan fingerprint density at radius 2 is 2.04 bits per heavy atom. The number of carbonyl (C=O) groups is 1. The highest BCUT2D eigenvalue weighted by atomic mass is 16.5. The van der Waals surface area contributed by atoms with E-state index >= 15 is 0 Å². The molecular weight excluding hydrogens is 356 g/mol. The fraction of sp³-hybridized carbons (Fsp3) is 0.524. The van der Waals surface area contributed by atoms with E-state index in [2.05, 4.69) is 21.5 Å². The lowest BCUT2D eigenvalue weighted by atomic mass is 10.1. The number of likely N-dealkylation sites (tertiary alicyclic amines) is 1. The number of amides is 1. The second-order valence-corrected chi connectivity index (χ2v) is 7.73. The average molecular weight is 384 g/mol. The number of carbonyl (C=O) groups excluding carboxylic acids is 1. The van der Waals surface area contributed by atoms with E-state index in [0.29, 0.717) is 23.1 Å². The molecule has 1 aromatic carbocycles. The van der Waals surface area contributed by atoms with Crippen LogP contribution in [0.4, 0.5) is 0 Å². The van der Waals surface area contributed by atoms with Gasteiger partial charge in [-0.1, -0.05) is 0 Å². The Morgan fingerprint density at radius 1 is 1.25 bits per heavy atom. The number of nitrogens with zero attached hydrogens (tertiary/aromatic N) is 3. The van der Waals surface area contributed by atoms with Crippen molar-refractivity contribution in [1.82, 2.24) is 20.0 Å². The second kappa shape index (κ2) is 8.22. The molecule has 1 saturated carbocycles. The molecule has 2 aromatic rings. The molecule has 1 saturated heterocycles. The van der Waals surface area contributed by atoms with Crippen LogP contribution in [0.2, 0.25) is 0 Å². The number of benzene rings is 1. The van der Waals surface area contributed by atoms with E-state index in [1.807, 2.05) is 30.1 Å². The van der Waals surface area contributed by atoms with Crippen LogP contribution in [0.5, 0.6) is 11.5 Å². The van der Waals surface area contributed by atoms with Crippen LogP contribution in [0.25, 0.3) is 0 Å². The van der Waals surface area contributed by atoms with Crippen molar-refractivity contribution in [3.63, 3.8) is 0 Å². The summed E-state index contributed by atoms with van der Waals surface area (Å²) in [6, 6.07) is 5.75. The van der Waals surface area contributed by atoms with E-state index < -0.39 is 0 Å². The molecule has 2 heterocycles. The van der Waals surface area contributed by atoms with Crippen LogP contribution in [0.3, 0.4) is 0 Å². The SMILES string of the molecule is COc1ccc(C(=O)NC2CC2)c(OC2CCN(Cc3cnn(C)c3)CC2)c1. The number of methoxy groups -OCH3 is 1. The number of nitrogens with one attached hydrogen (secondary N) is 1. The number of aryl methyl sites for hydroxylation is 1. The monoisotopic (exact) mass is 384 g/mol. The molecular formula is C21H28N4O3. The second-order valence-electron chi connectivity index (χ2n) is 7.73. The predicted molar refractivity (Wildman–Crippen MR) is 106 cm³/mol. The van der Waals surface area contributed by atoms with E-state index in [1.54, 1.807) is 13.2 Å².